The van der Waals surface area contributed by atoms with Gasteiger partial charge in [-0.2, -0.15) is 4.98 Å². The van der Waals surface area contributed by atoms with Gasteiger partial charge in [0.15, 0.2) is 0 Å². The molecule has 0 spiro atoms. The van der Waals surface area contributed by atoms with Crippen molar-refractivity contribution in [3.05, 3.63) is 63.7 Å². The van der Waals surface area contributed by atoms with E-state index in [1.807, 2.05) is 23.5 Å². The second kappa shape index (κ2) is 6.13. The highest BCUT2D eigenvalue weighted by molar-refractivity contribution is 8.05. The average Bonchev–Trinajstić information content (AvgIpc) is 2.59. The molecule has 1 radical (unpaired) electrons. The van der Waals surface area contributed by atoms with Crippen LogP contribution in [-0.4, -0.2) is 4.98 Å². The number of fused-ring (bicyclic) bond motifs is 4. The van der Waals surface area contributed by atoms with Crippen molar-refractivity contribution in [1.82, 2.24) is 4.98 Å². The molecule has 2 aliphatic rings. The molecule has 0 atom stereocenters. The molecule has 0 amide bonds. The van der Waals surface area contributed by atoms with Crippen LogP contribution in [0, 0.1) is 25.3 Å². The van der Waals surface area contributed by atoms with Crippen LogP contribution in [0.1, 0.15) is 16.7 Å². The number of benzene rings is 2. The Balaban J connectivity index is 1.64. The lowest BCUT2D eigenvalue weighted by atomic mass is 10.1. The van der Waals surface area contributed by atoms with Crippen molar-refractivity contribution in [2.24, 2.45) is 0 Å². The monoisotopic (exact) mass is 409 g/mol. The van der Waals surface area contributed by atoms with Crippen LogP contribution in [0.2, 0.25) is 0 Å². The van der Waals surface area contributed by atoms with Crippen LogP contribution in [-0.2, 0) is 11.4 Å². The molecule has 0 saturated carbocycles. The van der Waals surface area contributed by atoms with Crippen molar-refractivity contribution >= 4 is 53.2 Å². The number of hydrogen-bond donors (Lipinski definition) is 0. The van der Waals surface area contributed by atoms with Crippen molar-refractivity contribution in [3.8, 4) is 0 Å². The zero-order valence-corrected chi connectivity index (χ0v) is 17.6. The van der Waals surface area contributed by atoms with Gasteiger partial charge in [0.2, 0.25) is 4.51 Å². The maximum Gasteiger partial charge on any atom is 0.339 e. The summed E-state index contributed by atoms with van der Waals surface area (Å²) in [6, 6.07) is 11.2. The van der Waals surface area contributed by atoms with Gasteiger partial charge < -0.3 is 0 Å². The molecule has 127 valence electrons. The Labute approximate surface area is 169 Å². The van der Waals surface area contributed by atoms with Gasteiger partial charge in [-0.25, -0.2) is 0 Å². The van der Waals surface area contributed by atoms with Gasteiger partial charge in [-0.1, -0.05) is 41.9 Å². The van der Waals surface area contributed by atoms with Crippen molar-refractivity contribution in [3.63, 3.8) is 0 Å². The fraction of sp³-hybridized carbons (Fsp3) is 0.0952. The molecule has 0 bridgehead atoms. The van der Waals surface area contributed by atoms with Gasteiger partial charge in [-0.15, -0.1) is 0 Å². The second-order valence-corrected chi connectivity index (χ2v) is 10.7. The minimum absolute atomic E-state index is 1.09. The molecular weight excluding hydrogens is 395 g/mol. The topological polar surface area (TPSA) is 12.9 Å². The number of pyridine rings is 1. The molecule has 0 aliphatic carbocycles. The first kappa shape index (κ1) is 16.9. The third-order valence-corrected chi connectivity index (χ3v) is 9.36. The molecule has 5 rings (SSSR count). The third kappa shape index (κ3) is 2.73. The Hall–Kier alpha value is -1.27. The van der Waals surface area contributed by atoms with Crippen LogP contribution in [0.5, 0.6) is 0 Å². The van der Waals surface area contributed by atoms with Crippen molar-refractivity contribution in [1.29, 1.82) is 0 Å². The second-order valence-electron chi connectivity index (χ2n) is 6.45. The van der Waals surface area contributed by atoms with E-state index in [4.69, 9.17) is 4.98 Å². The Morgan fingerprint density at radius 2 is 1.58 bits per heavy atom. The van der Waals surface area contributed by atoms with Crippen LogP contribution in [0.15, 0.2) is 64.9 Å². The molecule has 0 N–H and O–H groups in total. The number of aromatic nitrogens is 1. The standard InChI is InChI=1S/C21H15NS4/c1-10-5-14-16(7-12(10)3)25-20-18(23-14)9-19-21(22-20)26-17-8-13(4)11(2)6-15(17)24-19/h5-9H,1,4H2,2-3H3/q+1. The normalized spacial score (nSPS) is 14.0. The highest BCUT2D eigenvalue weighted by atomic mass is 32.2. The lowest BCUT2D eigenvalue weighted by Gasteiger charge is -2.19. The molecule has 2 aromatic carbocycles. The number of hydrogen-bond acceptors (Lipinski definition) is 4. The van der Waals surface area contributed by atoms with Gasteiger partial charge >= 0.3 is 5.03 Å². The Bertz CT molecular complexity index is 1210. The number of aryl methyl sites for hydroxylation is 2. The maximum absolute atomic E-state index is 5.00. The summed E-state index contributed by atoms with van der Waals surface area (Å²) < 4.78 is 1.28. The van der Waals surface area contributed by atoms with E-state index < -0.39 is 0 Å². The van der Waals surface area contributed by atoms with Crippen molar-refractivity contribution in [2.45, 2.75) is 48.4 Å². The Morgan fingerprint density at radius 1 is 0.808 bits per heavy atom. The molecule has 0 saturated heterocycles. The molecule has 5 heteroatoms. The van der Waals surface area contributed by atoms with Crippen LogP contribution in [0.25, 0.3) is 6.58 Å². The minimum Gasteiger partial charge on any atom is -0.184 e. The van der Waals surface area contributed by atoms with Gasteiger partial charge in [0.05, 0.1) is 9.79 Å². The molecule has 0 fully saturated rings. The summed E-state index contributed by atoms with van der Waals surface area (Å²) >= 11 is 7.16. The van der Waals surface area contributed by atoms with Gasteiger partial charge in [0.1, 0.15) is 5.03 Å². The molecule has 3 aromatic rings. The van der Waals surface area contributed by atoms with Gasteiger partial charge in [-0.3, -0.25) is 0 Å². The predicted octanol–water partition coefficient (Wildman–Crippen LogP) is 5.76. The first-order valence-corrected chi connectivity index (χ1v) is 11.4. The van der Waals surface area contributed by atoms with Gasteiger partial charge in [-0.05, 0) is 66.9 Å². The van der Waals surface area contributed by atoms with E-state index >= 15 is 0 Å². The first-order chi connectivity index (χ1) is 12.5. The molecular formula is C21H15NS4+. The number of rotatable bonds is 0. The first-order valence-electron chi connectivity index (χ1n) is 8.17. The summed E-state index contributed by atoms with van der Waals surface area (Å²) in [5, 5.41) is 3.31. The highest BCUT2D eigenvalue weighted by Crippen LogP contribution is 2.50. The van der Waals surface area contributed by atoms with Crippen molar-refractivity contribution in [2.75, 3.05) is 0 Å². The molecule has 1 nitrogen and oxygen atoms in total. The average molecular weight is 410 g/mol. The molecule has 2 aliphatic heterocycles. The van der Waals surface area contributed by atoms with Crippen LogP contribution in [0.4, 0.5) is 0 Å². The fourth-order valence-electron chi connectivity index (χ4n) is 2.91. The third-order valence-electron chi connectivity index (χ3n) is 4.54. The molecule has 3 heterocycles. The van der Waals surface area contributed by atoms with E-state index in [0.29, 0.717) is 0 Å². The largest absolute Gasteiger partial charge is 0.339 e. The summed E-state index contributed by atoms with van der Waals surface area (Å²) in [4.78, 5) is 11.3. The van der Waals surface area contributed by atoms with E-state index in [1.54, 1.807) is 23.1 Å². The summed E-state index contributed by atoms with van der Waals surface area (Å²) in [7, 11) is 0. The van der Waals surface area contributed by atoms with Gasteiger partial charge in [0, 0.05) is 20.8 Å². The van der Waals surface area contributed by atoms with E-state index in [1.165, 1.54) is 40.1 Å². The quantitative estimate of drug-likeness (QED) is 0.238. The molecule has 1 aromatic heterocycles. The summed E-state index contributed by atoms with van der Waals surface area (Å²) in [5.74, 6) is 0. The van der Waals surface area contributed by atoms with E-state index in [0.717, 1.165) is 20.8 Å². The lowest BCUT2D eigenvalue weighted by molar-refractivity contribution is 0.873. The predicted molar refractivity (Wildman–Crippen MR) is 113 cm³/mol. The summed E-state index contributed by atoms with van der Waals surface area (Å²) in [6.07, 6.45) is 0. The zero-order chi connectivity index (χ0) is 18.0. The van der Waals surface area contributed by atoms with Crippen LogP contribution in [0.3, 0.4) is 0 Å². The van der Waals surface area contributed by atoms with Crippen LogP contribution < -0.4 is 5.22 Å². The maximum atomic E-state index is 5.00. The summed E-state index contributed by atoms with van der Waals surface area (Å²) in [6.45, 7) is 12.5. The molecule has 0 unspecified atom stereocenters. The van der Waals surface area contributed by atoms with Crippen molar-refractivity contribution < 1.29 is 0 Å². The SMILES string of the molecule is [CH2]c1cc2c(cc1C)Sc1cc3c(nc1S2)[S+]=c1cc(C)c(=C)cc1S3. The Morgan fingerprint density at radius 3 is 2.42 bits per heavy atom. The Kier molecular flexibility index (Phi) is 3.98. The summed E-state index contributed by atoms with van der Waals surface area (Å²) in [5.41, 5.74) is 3.57. The smallest absolute Gasteiger partial charge is 0.184 e. The minimum atomic E-state index is 1.09. The number of nitrogens with zero attached hydrogens (tertiary/aromatic N) is 1. The zero-order valence-electron chi connectivity index (χ0n) is 14.4. The molecule has 26 heavy (non-hydrogen) atoms. The van der Waals surface area contributed by atoms with Gasteiger partial charge in [0.25, 0.3) is 11.4 Å². The van der Waals surface area contributed by atoms with E-state index in [2.05, 4.69) is 57.7 Å². The van der Waals surface area contributed by atoms with E-state index in [-0.39, 0.29) is 0 Å². The van der Waals surface area contributed by atoms with E-state index in [9.17, 15) is 0 Å². The fourth-order valence-corrected chi connectivity index (χ4v) is 7.66. The highest BCUT2D eigenvalue weighted by Gasteiger charge is 2.29. The van der Waals surface area contributed by atoms with Crippen LogP contribution >= 0.6 is 35.3 Å². The lowest BCUT2D eigenvalue weighted by Crippen LogP contribution is -2.06.